The molecule has 1 aromatic carbocycles. The lowest BCUT2D eigenvalue weighted by Crippen LogP contribution is -2.20. The van der Waals surface area contributed by atoms with E-state index in [1.807, 2.05) is 6.07 Å². The van der Waals surface area contributed by atoms with Gasteiger partial charge in [-0.3, -0.25) is 0 Å². The summed E-state index contributed by atoms with van der Waals surface area (Å²) in [7, 11) is -1.73. The molecule has 0 amide bonds. The van der Waals surface area contributed by atoms with E-state index in [1.165, 1.54) is 0 Å². The van der Waals surface area contributed by atoms with Gasteiger partial charge in [0.2, 0.25) is 0 Å². The molecule has 0 radical (unpaired) electrons. The number of aliphatic hydroxyl groups excluding tert-OH is 2. The molecule has 0 bridgehead atoms. The average Bonchev–Trinajstić information content (AvgIpc) is 2.18. The summed E-state index contributed by atoms with van der Waals surface area (Å²) in [6.45, 7) is 1.73. The second kappa shape index (κ2) is 9.17. The van der Waals surface area contributed by atoms with E-state index in [0.29, 0.717) is 12.2 Å². The van der Waals surface area contributed by atoms with Crippen molar-refractivity contribution in [1.82, 2.24) is 0 Å². The highest BCUT2D eigenvalue weighted by Gasteiger charge is 2.09. The quantitative estimate of drug-likeness (QED) is 0.535. The third-order valence-electron chi connectivity index (χ3n) is 1.53. The van der Waals surface area contributed by atoms with Crippen molar-refractivity contribution in [2.45, 2.75) is 19.4 Å². The van der Waals surface area contributed by atoms with Crippen LogP contribution in [-0.2, 0) is 0 Å². The molecule has 0 fully saturated rings. The van der Waals surface area contributed by atoms with Gasteiger partial charge in [-0.25, -0.2) is 0 Å². The molecule has 0 aliphatic heterocycles. The lowest BCUT2D eigenvalue weighted by Gasteiger charge is -2.01. The van der Waals surface area contributed by atoms with Crippen LogP contribution in [0.1, 0.15) is 13.3 Å². The molecule has 0 aliphatic carbocycles. The fourth-order valence-electron chi connectivity index (χ4n) is 0.808. The molecule has 4 N–H and O–H groups in total. The average molecular weight is 228 g/mol. The molecule has 0 aromatic heterocycles. The van der Waals surface area contributed by atoms with Crippen LogP contribution in [0.3, 0.4) is 0 Å². The van der Waals surface area contributed by atoms with Gasteiger partial charge in [-0.05, 0) is 25.5 Å². The Hall–Kier alpha value is -1.08. The first kappa shape index (κ1) is 14.9. The van der Waals surface area contributed by atoms with Gasteiger partial charge >= 0.3 is 7.32 Å². The summed E-state index contributed by atoms with van der Waals surface area (Å²) in [5.41, 5.74) is 0. The second-order valence-corrected chi connectivity index (χ2v) is 3.12. The Morgan fingerprint density at radius 1 is 1.25 bits per heavy atom. The minimum atomic E-state index is -1.73. The molecule has 0 spiro atoms. The van der Waals surface area contributed by atoms with Crippen molar-refractivity contribution in [2.75, 3.05) is 6.61 Å². The third kappa shape index (κ3) is 9.48. The zero-order valence-electron chi connectivity index (χ0n) is 9.15. The van der Waals surface area contributed by atoms with Crippen LogP contribution in [0.15, 0.2) is 30.3 Å². The molecule has 5 nitrogen and oxygen atoms in total. The Morgan fingerprint density at radius 2 is 1.81 bits per heavy atom. The van der Waals surface area contributed by atoms with Crippen molar-refractivity contribution in [2.24, 2.45) is 0 Å². The van der Waals surface area contributed by atoms with Crippen LogP contribution in [0.25, 0.3) is 0 Å². The fraction of sp³-hybridized carbons (Fsp3) is 0.400. The summed E-state index contributed by atoms with van der Waals surface area (Å²) in [5.74, 6) is 0.442. The van der Waals surface area contributed by atoms with Crippen LogP contribution in [0, 0.1) is 0 Å². The van der Waals surface area contributed by atoms with E-state index >= 15 is 0 Å². The zero-order valence-corrected chi connectivity index (χ0v) is 9.15. The molecule has 90 valence electrons. The van der Waals surface area contributed by atoms with Crippen LogP contribution in [0.4, 0.5) is 0 Å². The van der Waals surface area contributed by atoms with Crippen LogP contribution in [-0.4, -0.2) is 40.3 Å². The van der Waals surface area contributed by atoms with Gasteiger partial charge in [0, 0.05) is 6.61 Å². The Bertz CT molecular complexity index is 253. The van der Waals surface area contributed by atoms with E-state index in [-0.39, 0.29) is 12.7 Å². The van der Waals surface area contributed by atoms with E-state index in [2.05, 4.69) is 4.65 Å². The smallest absolute Gasteiger partial charge is 0.512 e. The minimum Gasteiger partial charge on any atom is -0.512 e. The first-order valence-electron chi connectivity index (χ1n) is 4.93. The summed E-state index contributed by atoms with van der Waals surface area (Å²) in [5, 5.41) is 33.1. The number of hydrogen-bond acceptors (Lipinski definition) is 5. The van der Waals surface area contributed by atoms with Crippen molar-refractivity contribution < 1.29 is 24.9 Å². The summed E-state index contributed by atoms with van der Waals surface area (Å²) < 4.78 is 4.53. The predicted octanol–water partition coefficient (Wildman–Crippen LogP) is -0.216. The maximum absolute atomic E-state index is 8.39. The van der Waals surface area contributed by atoms with Crippen LogP contribution < -0.4 is 4.65 Å². The Labute approximate surface area is 95.1 Å². The van der Waals surface area contributed by atoms with Crippen LogP contribution >= 0.6 is 0 Å². The van der Waals surface area contributed by atoms with E-state index in [0.717, 1.165) is 0 Å². The van der Waals surface area contributed by atoms with Crippen LogP contribution in [0.5, 0.6) is 5.75 Å². The first-order valence-corrected chi connectivity index (χ1v) is 4.93. The number of aliphatic hydroxyl groups is 2. The molecule has 0 saturated carbocycles. The van der Waals surface area contributed by atoms with E-state index in [1.54, 1.807) is 31.2 Å². The first-order chi connectivity index (χ1) is 7.56. The largest absolute Gasteiger partial charge is 0.707 e. The SMILES string of the molecule is CC(O)CCO.OB(O)Oc1ccccc1. The molecule has 1 atom stereocenters. The van der Waals surface area contributed by atoms with Gasteiger partial charge in [-0.1, -0.05) is 18.2 Å². The van der Waals surface area contributed by atoms with Crippen LogP contribution in [0.2, 0.25) is 0 Å². The summed E-state index contributed by atoms with van der Waals surface area (Å²) in [6.07, 6.45) is 0.134. The minimum absolute atomic E-state index is 0.0810. The molecule has 1 aromatic rings. The number of rotatable bonds is 4. The second-order valence-electron chi connectivity index (χ2n) is 3.12. The summed E-state index contributed by atoms with van der Waals surface area (Å²) >= 11 is 0. The van der Waals surface area contributed by atoms with Gasteiger partial charge < -0.3 is 24.9 Å². The van der Waals surface area contributed by atoms with E-state index in [4.69, 9.17) is 20.3 Å². The Kier molecular flexibility index (Phi) is 8.56. The highest BCUT2D eigenvalue weighted by Crippen LogP contribution is 2.07. The van der Waals surface area contributed by atoms with Gasteiger partial charge in [0.05, 0.1) is 6.10 Å². The van der Waals surface area contributed by atoms with Gasteiger partial charge in [0.15, 0.2) is 0 Å². The molecule has 1 unspecified atom stereocenters. The summed E-state index contributed by atoms with van der Waals surface area (Å²) in [4.78, 5) is 0. The van der Waals surface area contributed by atoms with Crippen molar-refractivity contribution in [3.8, 4) is 5.75 Å². The third-order valence-corrected chi connectivity index (χ3v) is 1.53. The molecule has 16 heavy (non-hydrogen) atoms. The fourth-order valence-corrected chi connectivity index (χ4v) is 0.808. The van der Waals surface area contributed by atoms with E-state index in [9.17, 15) is 0 Å². The normalized spacial score (nSPS) is 11.1. The molecule has 0 aliphatic rings. The monoisotopic (exact) mass is 228 g/mol. The molecule has 6 heteroatoms. The van der Waals surface area contributed by atoms with Crippen molar-refractivity contribution >= 4 is 7.32 Å². The number of benzene rings is 1. The van der Waals surface area contributed by atoms with Crippen molar-refractivity contribution in [3.05, 3.63) is 30.3 Å². The van der Waals surface area contributed by atoms with Gasteiger partial charge in [-0.15, -0.1) is 0 Å². The number of para-hydroxylation sites is 1. The van der Waals surface area contributed by atoms with Gasteiger partial charge in [-0.2, -0.15) is 0 Å². The lowest BCUT2D eigenvalue weighted by atomic mass is 10.2. The Morgan fingerprint density at radius 3 is 2.12 bits per heavy atom. The van der Waals surface area contributed by atoms with Gasteiger partial charge in [0.1, 0.15) is 5.75 Å². The highest BCUT2D eigenvalue weighted by atomic mass is 16.6. The predicted molar refractivity (Wildman–Crippen MR) is 60.6 cm³/mol. The topological polar surface area (TPSA) is 90.2 Å². The molecular weight excluding hydrogens is 211 g/mol. The maximum atomic E-state index is 8.39. The summed E-state index contributed by atoms with van der Waals surface area (Å²) in [6, 6.07) is 8.59. The van der Waals surface area contributed by atoms with Crippen molar-refractivity contribution in [1.29, 1.82) is 0 Å². The maximum Gasteiger partial charge on any atom is 0.707 e. The highest BCUT2D eigenvalue weighted by molar-refractivity contribution is 6.33. The van der Waals surface area contributed by atoms with Gasteiger partial charge in [0.25, 0.3) is 0 Å². The Balaban J connectivity index is 0.000000325. The molecular formula is C10H17BO5. The van der Waals surface area contributed by atoms with Crippen molar-refractivity contribution in [3.63, 3.8) is 0 Å². The molecule has 0 saturated heterocycles. The standard InChI is InChI=1S/C6H7BO3.C4H10O2/c8-7(9)10-6-4-2-1-3-5-6;1-4(6)2-3-5/h1-5,8-9H;4-6H,2-3H2,1H3. The van der Waals surface area contributed by atoms with E-state index < -0.39 is 7.32 Å². The molecule has 0 heterocycles. The lowest BCUT2D eigenvalue weighted by molar-refractivity contribution is 0.148. The number of hydrogen-bond donors (Lipinski definition) is 4. The zero-order chi connectivity index (χ0) is 12.4. The molecule has 1 rings (SSSR count).